The Hall–Kier alpha value is -1.61. The third kappa shape index (κ3) is 4.56. The molecule has 0 unspecified atom stereocenters. The molecule has 1 amide bonds. The number of allylic oxidation sites excluding steroid dienone is 8. The van der Waals surface area contributed by atoms with Gasteiger partial charge < -0.3 is 4.90 Å². The SMILES string of the molecule is CCCCC1=CC=C2C=CC=C([Si](C)(C)C)C(=C1C(=O)N(CC)CC)C2. The molecule has 2 bridgehead atoms. The predicted octanol–water partition coefficient (Wildman–Crippen LogP) is 5.97. The van der Waals surface area contributed by atoms with Crippen LogP contribution in [0.5, 0.6) is 0 Å². The van der Waals surface area contributed by atoms with Crippen molar-refractivity contribution in [1.29, 1.82) is 0 Å². The lowest BCUT2D eigenvalue weighted by atomic mass is 9.93. The molecule has 2 rings (SSSR count). The molecule has 2 aliphatic carbocycles. The summed E-state index contributed by atoms with van der Waals surface area (Å²) >= 11 is 0. The molecule has 2 nitrogen and oxygen atoms in total. The summed E-state index contributed by atoms with van der Waals surface area (Å²) in [5.74, 6) is 0.216. The van der Waals surface area contributed by atoms with Crippen LogP contribution >= 0.6 is 0 Å². The highest BCUT2D eigenvalue weighted by molar-refractivity contribution is 6.84. The van der Waals surface area contributed by atoms with Gasteiger partial charge in [0.2, 0.25) is 0 Å². The molecule has 0 saturated heterocycles. The molecule has 0 heterocycles. The third-order valence-electron chi connectivity index (χ3n) is 5.27. The average Bonchev–Trinajstić information content (AvgIpc) is 2.90. The van der Waals surface area contributed by atoms with Crippen molar-refractivity contribution >= 4 is 14.0 Å². The maximum Gasteiger partial charge on any atom is 0.254 e. The summed E-state index contributed by atoms with van der Waals surface area (Å²) in [4.78, 5) is 15.5. The third-order valence-corrected chi connectivity index (χ3v) is 7.36. The van der Waals surface area contributed by atoms with Crippen molar-refractivity contribution in [1.82, 2.24) is 4.90 Å². The van der Waals surface area contributed by atoms with E-state index in [0.717, 1.165) is 44.3 Å². The van der Waals surface area contributed by atoms with Crippen molar-refractivity contribution in [2.45, 2.75) is 66.1 Å². The van der Waals surface area contributed by atoms with Gasteiger partial charge in [-0.3, -0.25) is 4.79 Å². The summed E-state index contributed by atoms with van der Waals surface area (Å²) in [5, 5.41) is 1.43. The molecule has 0 fully saturated rings. The molecule has 142 valence electrons. The minimum absolute atomic E-state index is 0.216. The van der Waals surface area contributed by atoms with Crippen LogP contribution < -0.4 is 0 Å². The zero-order chi connectivity index (χ0) is 19.3. The number of unbranched alkanes of at least 4 members (excludes halogenated alkanes) is 1. The van der Waals surface area contributed by atoms with Crippen LogP contribution in [-0.4, -0.2) is 32.0 Å². The van der Waals surface area contributed by atoms with E-state index in [4.69, 9.17) is 0 Å². The van der Waals surface area contributed by atoms with Crippen molar-refractivity contribution in [3.63, 3.8) is 0 Å². The van der Waals surface area contributed by atoms with E-state index in [1.54, 1.807) is 0 Å². The van der Waals surface area contributed by atoms with E-state index in [9.17, 15) is 4.79 Å². The fourth-order valence-corrected chi connectivity index (χ4v) is 5.48. The van der Waals surface area contributed by atoms with Crippen LogP contribution in [-0.2, 0) is 4.79 Å². The summed E-state index contributed by atoms with van der Waals surface area (Å²) in [6.45, 7) is 15.0. The van der Waals surface area contributed by atoms with Gasteiger partial charge in [-0.25, -0.2) is 0 Å². The molecule has 3 heteroatoms. The first-order chi connectivity index (χ1) is 12.3. The van der Waals surface area contributed by atoms with Gasteiger partial charge in [-0.05, 0) is 49.8 Å². The first kappa shape index (κ1) is 20.7. The van der Waals surface area contributed by atoms with Gasteiger partial charge in [-0.15, -0.1) is 0 Å². The Kier molecular flexibility index (Phi) is 7.05. The van der Waals surface area contributed by atoms with Gasteiger partial charge in [0.15, 0.2) is 0 Å². The Bertz CT molecular complexity index is 694. The fourth-order valence-electron chi connectivity index (χ4n) is 3.76. The predicted molar refractivity (Wildman–Crippen MR) is 116 cm³/mol. The summed E-state index contributed by atoms with van der Waals surface area (Å²) in [5.41, 5.74) is 4.82. The molecule has 0 aromatic rings. The summed E-state index contributed by atoms with van der Waals surface area (Å²) in [7, 11) is -1.57. The molecular formula is C23H35NOSi. The van der Waals surface area contributed by atoms with E-state index in [-0.39, 0.29) is 5.91 Å². The molecular weight excluding hydrogens is 334 g/mol. The Balaban J connectivity index is 2.69. The van der Waals surface area contributed by atoms with Crippen LogP contribution in [0.2, 0.25) is 19.6 Å². The summed E-state index contributed by atoms with van der Waals surface area (Å²) in [6.07, 6.45) is 15.2. The van der Waals surface area contributed by atoms with Gasteiger partial charge in [-0.2, -0.15) is 0 Å². The number of likely N-dealkylation sites (N-methyl/N-ethyl adjacent to an activating group) is 1. The molecule has 0 aliphatic heterocycles. The van der Waals surface area contributed by atoms with Crippen LogP contribution in [0.25, 0.3) is 0 Å². The Labute approximate surface area is 161 Å². The van der Waals surface area contributed by atoms with Crippen LogP contribution in [0.15, 0.2) is 57.9 Å². The normalized spacial score (nSPS) is 17.2. The summed E-state index contributed by atoms with van der Waals surface area (Å²) in [6, 6.07) is 0. The lowest BCUT2D eigenvalue weighted by Gasteiger charge is -2.28. The van der Waals surface area contributed by atoms with Crippen molar-refractivity contribution in [3.8, 4) is 0 Å². The van der Waals surface area contributed by atoms with E-state index < -0.39 is 8.07 Å². The Morgan fingerprint density at radius 3 is 2.35 bits per heavy atom. The van der Waals surface area contributed by atoms with Gasteiger partial charge in [0.1, 0.15) is 0 Å². The van der Waals surface area contributed by atoms with Crippen molar-refractivity contribution in [2.24, 2.45) is 0 Å². The maximum absolute atomic E-state index is 13.5. The molecule has 0 spiro atoms. The highest BCUT2D eigenvalue weighted by atomic mass is 28.3. The molecule has 0 aromatic heterocycles. The lowest BCUT2D eigenvalue weighted by molar-refractivity contribution is -0.126. The highest BCUT2D eigenvalue weighted by Crippen LogP contribution is 2.38. The van der Waals surface area contributed by atoms with Gasteiger partial charge in [0.25, 0.3) is 5.91 Å². The topological polar surface area (TPSA) is 20.3 Å². The van der Waals surface area contributed by atoms with Crippen molar-refractivity contribution in [2.75, 3.05) is 13.1 Å². The van der Waals surface area contributed by atoms with Gasteiger partial charge >= 0.3 is 0 Å². The maximum atomic E-state index is 13.5. The number of hydrogen-bond acceptors (Lipinski definition) is 1. The monoisotopic (exact) mass is 369 g/mol. The second-order valence-corrected chi connectivity index (χ2v) is 13.3. The minimum atomic E-state index is -1.57. The number of hydrogen-bond donors (Lipinski definition) is 0. The standard InChI is InChI=1S/C23H35NOSi/c1-7-10-13-19-16-15-18-12-11-14-21(26(4,5)6)20(17-18)22(19)23(25)24(8-2)9-3/h11-12,14-16H,7-10,13,17H2,1-6H3. The van der Waals surface area contributed by atoms with E-state index in [1.165, 1.54) is 21.9 Å². The van der Waals surface area contributed by atoms with Crippen LogP contribution in [0, 0.1) is 0 Å². The number of fused-ring (bicyclic) bond motifs is 2. The number of nitrogens with zero attached hydrogens (tertiary/aromatic N) is 1. The Morgan fingerprint density at radius 2 is 1.77 bits per heavy atom. The largest absolute Gasteiger partial charge is 0.339 e. The summed E-state index contributed by atoms with van der Waals surface area (Å²) < 4.78 is 0. The number of rotatable bonds is 7. The average molecular weight is 370 g/mol. The van der Waals surface area contributed by atoms with E-state index >= 15 is 0 Å². The smallest absolute Gasteiger partial charge is 0.254 e. The number of amides is 1. The van der Waals surface area contributed by atoms with Crippen LogP contribution in [0.4, 0.5) is 0 Å². The number of carbonyl (C=O) groups is 1. The Morgan fingerprint density at radius 1 is 1.08 bits per heavy atom. The van der Waals surface area contributed by atoms with Crippen molar-refractivity contribution < 1.29 is 4.79 Å². The number of carbonyl (C=O) groups excluding carboxylic acids is 1. The highest BCUT2D eigenvalue weighted by Gasteiger charge is 2.31. The van der Waals surface area contributed by atoms with Gasteiger partial charge in [0, 0.05) is 18.7 Å². The van der Waals surface area contributed by atoms with E-state index in [0.29, 0.717) is 0 Å². The first-order valence-corrected chi connectivity index (χ1v) is 13.6. The molecule has 2 aliphatic rings. The van der Waals surface area contributed by atoms with Crippen LogP contribution in [0.3, 0.4) is 0 Å². The fraction of sp³-hybridized carbons (Fsp3) is 0.522. The second kappa shape index (κ2) is 8.85. The molecule has 0 N–H and O–H groups in total. The molecule has 0 saturated carbocycles. The van der Waals surface area contributed by atoms with E-state index in [2.05, 4.69) is 70.8 Å². The quantitative estimate of drug-likeness (QED) is 0.506. The van der Waals surface area contributed by atoms with Gasteiger partial charge in [-0.1, -0.05) is 68.6 Å². The lowest BCUT2D eigenvalue weighted by Crippen LogP contribution is -2.34. The molecule has 0 aromatic carbocycles. The molecule has 0 radical (unpaired) electrons. The zero-order valence-electron chi connectivity index (χ0n) is 17.5. The van der Waals surface area contributed by atoms with Crippen LogP contribution in [0.1, 0.15) is 46.5 Å². The minimum Gasteiger partial charge on any atom is -0.339 e. The molecule has 26 heavy (non-hydrogen) atoms. The van der Waals surface area contributed by atoms with E-state index in [1.807, 2.05) is 4.90 Å². The second-order valence-electron chi connectivity index (χ2n) is 8.23. The molecule has 0 atom stereocenters. The van der Waals surface area contributed by atoms with Crippen molar-refractivity contribution in [3.05, 3.63) is 57.9 Å². The van der Waals surface area contributed by atoms with Gasteiger partial charge in [0.05, 0.1) is 8.07 Å². The zero-order valence-corrected chi connectivity index (χ0v) is 18.5. The first-order valence-electron chi connectivity index (χ1n) is 10.1.